The highest BCUT2D eigenvalue weighted by atomic mass is 32.1. The molecule has 0 aliphatic carbocycles. The lowest BCUT2D eigenvalue weighted by molar-refractivity contribution is 0.0697. The minimum atomic E-state index is -0.988. The summed E-state index contributed by atoms with van der Waals surface area (Å²) in [6, 6.07) is 6.02. The lowest BCUT2D eigenvalue weighted by Gasteiger charge is -2.16. The van der Waals surface area contributed by atoms with Crippen molar-refractivity contribution < 1.29 is 15.1 Å². The van der Waals surface area contributed by atoms with Crippen molar-refractivity contribution in [2.45, 2.75) is 6.92 Å². The SMILES string of the molecule is Cc1nc(N(O)Nc2ccc(C(=O)O)cc2)cs1. The second-order valence-corrected chi connectivity index (χ2v) is 4.59. The summed E-state index contributed by atoms with van der Waals surface area (Å²) in [5, 5.41) is 21.8. The normalized spacial score (nSPS) is 10.1. The molecule has 1 heterocycles. The minimum absolute atomic E-state index is 0.189. The maximum atomic E-state index is 10.7. The van der Waals surface area contributed by atoms with Gasteiger partial charge in [-0.25, -0.2) is 9.78 Å². The quantitative estimate of drug-likeness (QED) is 0.736. The van der Waals surface area contributed by atoms with Gasteiger partial charge in [-0.1, -0.05) is 0 Å². The Balaban J connectivity index is 2.07. The van der Waals surface area contributed by atoms with E-state index in [4.69, 9.17) is 5.11 Å². The minimum Gasteiger partial charge on any atom is -0.478 e. The zero-order valence-corrected chi connectivity index (χ0v) is 10.3. The molecule has 7 heteroatoms. The number of nitrogens with one attached hydrogen (secondary N) is 1. The van der Waals surface area contributed by atoms with Gasteiger partial charge in [-0.05, 0) is 31.2 Å². The van der Waals surface area contributed by atoms with Crippen molar-refractivity contribution in [1.82, 2.24) is 4.98 Å². The Bertz CT molecular complexity index is 553. The summed E-state index contributed by atoms with van der Waals surface area (Å²) in [5.41, 5.74) is 3.43. The molecular formula is C11H11N3O3S. The van der Waals surface area contributed by atoms with Crippen LogP contribution in [0.15, 0.2) is 29.6 Å². The molecule has 1 aromatic heterocycles. The van der Waals surface area contributed by atoms with E-state index in [0.29, 0.717) is 11.5 Å². The smallest absolute Gasteiger partial charge is 0.335 e. The van der Waals surface area contributed by atoms with Crippen LogP contribution < -0.4 is 10.6 Å². The van der Waals surface area contributed by atoms with E-state index >= 15 is 0 Å². The predicted molar refractivity (Wildman–Crippen MR) is 68.1 cm³/mol. The summed E-state index contributed by atoms with van der Waals surface area (Å²) in [7, 11) is 0. The maximum Gasteiger partial charge on any atom is 0.335 e. The fourth-order valence-corrected chi connectivity index (χ4v) is 1.89. The Labute approximate surface area is 107 Å². The van der Waals surface area contributed by atoms with E-state index < -0.39 is 5.97 Å². The summed E-state index contributed by atoms with van der Waals surface area (Å²) < 4.78 is 0. The number of hydrogen-bond donors (Lipinski definition) is 3. The van der Waals surface area contributed by atoms with Crippen molar-refractivity contribution in [2.24, 2.45) is 0 Å². The highest BCUT2D eigenvalue weighted by molar-refractivity contribution is 7.09. The fourth-order valence-electron chi connectivity index (χ4n) is 1.32. The van der Waals surface area contributed by atoms with Crippen LogP contribution in [-0.2, 0) is 0 Å². The number of carbonyl (C=O) groups is 1. The Morgan fingerprint density at radius 1 is 1.39 bits per heavy atom. The molecule has 0 spiro atoms. The van der Waals surface area contributed by atoms with E-state index in [-0.39, 0.29) is 5.56 Å². The number of aromatic nitrogens is 1. The highest BCUT2D eigenvalue weighted by Crippen LogP contribution is 2.18. The Hall–Kier alpha value is -2.12. The summed E-state index contributed by atoms with van der Waals surface area (Å²) >= 11 is 1.42. The van der Waals surface area contributed by atoms with Crippen LogP contribution in [0.3, 0.4) is 0 Å². The molecule has 6 nitrogen and oxygen atoms in total. The van der Waals surface area contributed by atoms with Crippen molar-refractivity contribution in [1.29, 1.82) is 0 Å². The third-order valence-electron chi connectivity index (χ3n) is 2.19. The molecule has 0 bridgehead atoms. The molecule has 0 saturated heterocycles. The van der Waals surface area contributed by atoms with Gasteiger partial charge in [0.2, 0.25) is 0 Å². The van der Waals surface area contributed by atoms with Gasteiger partial charge in [0.25, 0.3) is 0 Å². The summed E-state index contributed by atoms with van der Waals surface area (Å²) in [5.74, 6) is -0.600. The first kappa shape index (κ1) is 12.3. The third-order valence-corrected chi connectivity index (χ3v) is 2.95. The van der Waals surface area contributed by atoms with Gasteiger partial charge in [0.05, 0.1) is 16.3 Å². The number of carboxylic acids is 1. The topological polar surface area (TPSA) is 85.7 Å². The number of anilines is 2. The maximum absolute atomic E-state index is 10.7. The van der Waals surface area contributed by atoms with E-state index in [1.165, 1.54) is 23.5 Å². The third kappa shape index (κ3) is 2.76. The average molecular weight is 265 g/mol. The second kappa shape index (κ2) is 5.03. The summed E-state index contributed by atoms with van der Waals surface area (Å²) in [6.07, 6.45) is 0. The van der Waals surface area contributed by atoms with Crippen molar-refractivity contribution in [3.05, 3.63) is 40.2 Å². The molecule has 0 unspecified atom stereocenters. The molecule has 0 atom stereocenters. The number of aryl methyl sites for hydroxylation is 1. The van der Waals surface area contributed by atoms with Crippen molar-refractivity contribution >= 4 is 28.8 Å². The van der Waals surface area contributed by atoms with Crippen LogP contribution in [0.4, 0.5) is 11.5 Å². The van der Waals surface area contributed by atoms with Crippen LogP contribution in [0.5, 0.6) is 0 Å². The average Bonchev–Trinajstić information content (AvgIpc) is 2.76. The van der Waals surface area contributed by atoms with Crippen LogP contribution >= 0.6 is 11.3 Å². The number of rotatable bonds is 4. The second-order valence-electron chi connectivity index (χ2n) is 3.53. The molecule has 0 fully saturated rings. The standard InChI is InChI=1S/C11H11N3O3S/c1-7-12-10(6-18-7)14(17)13-9-4-2-8(3-5-9)11(15)16/h2-6,13,17H,1H3,(H,15,16). The van der Waals surface area contributed by atoms with E-state index in [1.807, 2.05) is 6.92 Å². The highest BCUT2D eigenvalue weighted by Gasteiger charge is 2.07. The number of benzene rings is 1. The Morgan fingerprint density at radius 3 is 2.56 bits per heavy atom. The first-order chi connectivity index (χ1) is 8.56. The van der Waals surface area contributed by atoms with Crippen LogP contribution in [0.2, 0.25) is 0 Å². The van der Waals surface area contributed by atoms with Crippen molar-refractivity contribution in [3.8, 4) is 0 Å². The molecule has 0 radical (unpaired) electrons. The lowest BCUT2D eigenvalue weighted by Crippen LogP contribution is -2.25. The van der Waals surface area contributed by atoms with Gasteiger partial charge < -0.3 is 5.11 Å². The zero-order valence-electron chi connectivity index (χ0n) is 9.49. The fraction of sp³-hybridized carbons (Fsp3) is 0.0909. The first-order valence-electron chi connectivity index (χ1n) is 5.07. The van der Waals surface area contributed by atoms with Gasteiger partial charge in [-0.15, -0.1) is 16.5 Å². The molecule has 0 saturated carbocycles. The zero-order chi connectivity index (χ0) is 13.1. The molecule has 18 heavy (non-hydrogen) atoms. The number of nitrogens with zero attached hydrogens (tertiary/aromatic N) is 2. The van der Waals surface area contributed by atoms with E-state index in [2.05, 4.69) is 10.4 Å². The van der Waals surface area contributed by atoms with Gasteiger partial charge in [-0.3, -0.25) is 10.6 Å². The van der Waals surface area contributed by atoms with Crippen LogP contribution in [-0.4, -0.2) is 21.3 Å². The Morgan fingerprint density at radius 2 is 2.06 bits per heavy atom. The lowest BCUT2D eigenvalue weighted by atomic mass is 10.2. The number of thiazole rings is 1. The molecule has 2 rings (SSSR count). The number of carboxylic acid groups (broad SMARTS) is 1. The monoisotopic (exact) mass is 265 g/mol. The van der Waals surface area contributed by atoms with Crippen molar-refractivity contribution in [2.75, 3.05) is 10.6 Å². The molecule has 1 aromatic carbocycles. The molecule has 3 N–H and O–H groups in total. The largest absolute Gasteiger partial charge is 0.478 e. The van der Waals surface area contributed by atoms with Crippen molar-refractivity contribution in [3.63, 3.8) is 0 Å². The summed E-state index contributed by atoms with van der Waals surface area (Å²) in [4.78, 5) is 14.8. The van der Waals surface area contributed by atoms with Gasteiger partial charge >= 0.3 is 5.97 Å². The summed E-state index contributed by atoms with van der Waals surface area (Å²) in [6.45, 7) is 1.84. The van der Waals surface area contributed by atoms with Gasteiger partial charge in [0, 0.05) is 5.38 Å². The molecule has 0 aliphatic heterocycles. The molecule has 0 amide bonds. The number of aromatic carboxylic acids is 1. The molecule has 2 aromatic rings. The molecule has 0 aliphatic rings. The van der Waals surface area contributed by atoms with Crippen LogP contribution in [0.25, 0.3) is 0 Å². The van der Waals surface area contributed by atoms with E-state index in [0.717, 1.165) is 10.2 Å². The predicted octanol–water partition coefficient (Wildman–Crippen LogP) is 2.37. The number of hydrogen-bond acceptors (Lipinski definition) is 6. The van der Waals surface area contributed by atoms with Gasteiger partial charge in [0.1, 0.15) is 0 Å². The van der Waals surface area contributed by atoms with Crippen LogP contribution in [0.1, 0.15) is 15.4 Å². The first-order valence-corrected chi connectivity index (χ1v) is 5.95. The molecular weight excluding hydrogens is 254 g/mol. The van der Waals surface area contributed by atoms with Gasteiger partial charge in [-0.2, -0.15) is 0 Å². The Kier molecular flexibility index (Phi) is 3.45. The van der Waals surface area contributed by atoms with Gasteiger partial charge in [0.15, 0.2) is 5.82 Å². The van der Waals surface area contributed by atoms with E-state index in [1.54, 1.807) is 17.5 Å². The van der Waals surface area contributed by atoms with E-state index in [9.17, 15) is 10.0 Å². The molecule has 94 valence electrons. The van der Waals surface area contributed by atoms with Crippen LogP contribution in [0, 0.1) is 6.92 Å². The number of hydrazine groups is 1.